The maximum Gasteiger partial charge on any atom is 0.159 e. The van der Waals surface area contributed by atoms with Gasteiger partial charge in [0.25, 0.3) is 0 Å². The third-order valence-electron chi connectivity index (χ3n) is 5.68. The largest absolute Gasteiger partial charge is 0.494 e. The van der Waals surface area contributed by atoms with Gasteiger partial charge in [0.15, 0.2) is 5.82 Å². The molecule has 4 rings (SSSR count). The van der Waals surface area contributed by atoms with Gasteiger partial charge in [-0.1, -0.05) is 30.3 Å². The summed E-state index contributed by atoms with van der Waals surface area (Å²) in [4.78, 5) is 13.5. The molecule has 0 N–H and O–H groups in total. The third kappa shape index (κ3) is 5.90. The Morgan fingerprint density at radius 2 is 1.74 bits per heavy atom. The van der Waals surface area contributed by atoms with Gasteiger partial charge < -0.3 is 14.5 Å². The molecule has 0 unspecified atom stereocenters. The first kappa shape index (κ1) is 21.5. The Balaban J connectivity index is 1.25. The van der Waals surface area contributed by atoms with Crippen LogP contribution in [0.25, 0.3) is 11.4 Å². The number of ether oxygens (including phenoxy) is 1. The van der Waals surface area contributed by atoms with Gasteiger partial charge in [-0.25, -0.2) is 9.97 Å². The van der Waals surface area contributed by atoms with Crippen molar-refractivity contribution in [2.24, 2.45) is 0 Å². The first-order chi connectivity index (χ1) is 15.1. The Bertz CT molecular complexity index is 983. The minimum absolute atomic E-state index is 0.733. The standard InChI is InChI=1S/C26H32N4O/c1-29(2)18-21-16-27-26(28-17-21)22-8-6-20(7-9-22)5-4-14-31-25-11-10-24-19-30(3)13-12-23(24)15-25/h6-11,15-17H,4-5,12-14,18-19H2,1-3H3. The summed E-state index contributed by atoms with van der Waals surface area (Å²) in [6.07, 6.45) is 6.92. The fourth-order valence-electron chi connectivity index (χ4n) is 4.00. The van der Waals surface area contributed by atoms with E-state index in [1.54, 1.807) is 0 Å². The van der Waals surface area contributed by atoms with E-state index in [4.69, 9.17) is 4.74 Å². The Labute approximate surface area is 185 Å². The molecule has 2 heterocycles. The lowest BCUT2D eigenvalue weighted by Gasteiger charge is -2.25. The minimum Gasteiger partial charge on any atom is -0.494 e. The van der Waals surface area contributed by atoms with E-state index < -0.39 is 0 Å². The second kappa shape index (κ2) is 10.0. The molecule has 0 fully saturated rings. The average molecular weight is 417 g/mol. The summed E-state index contributed by atoms with van der Waals surface area (Å²) in [7, 11) is 6.27. The summed E-state index contributed by atoms with van der Waals surface area (Å²) >= 11 is 0. The number of nitrogens with zero attached hydrogens (tertiary/aromatic N) is 4. The summed E-state index contributed by atoms with van der Waals surface area (Å²) in [6.45, 7) is 3.75. The Kier molecular flexibility index (Phi) is 6.95. The quantitative estimate of drug-likeness (QED) is 0.515. The van der Waals surface area contributed by atoms with Crippen LogP contribution in [0.15, 0.2) is 54.9 Å². The van der Waals surface area contributed by atoms with E-state index >= 15 is 0 Å². The van der Waals surface area contributed by atoms with Crippen LogP contribution in [-0.4, -0.2) is 54.1 Å². The minimum atomic E-state index is 0.733. The van der Waals surface area contributed by atoms with Crippen LogP contribution in [0.3, 0.4) is 0 Å². The van der Waals surface area contributed by atoms with E-state index in [2.05, 4.69) is 69.3 Å². The van der Waals surface area contributed by atoms with Crippen molar-refractivity contribution in [3.63, 3.8) is 0 Å². The molecular weight excluding hydrogens is 384 g/mol. The molecule has 3 aromatic rings. The fourth-order valence-corrected chi connectivity index (χ4v) is 4.00. The van der Waals surface area contributed by atoms with E-state index in [9.17, 15) is 0 Å². The SMILES string of the molecule is CN(C)Cc1cnc(-c2ccc(CCCOc3ccc4c(c3)CCN(C)C4)cc2)nc1. The molecule has 1 aliphatic heterocycles. The molecule has 0 saturated carbocycles. The van der Waals surface area contributed by atoms with E-state index in [1.165, 1.54) is 16.7 Å². The van der Waals surface area contributed by atoms with Crippen molar-refractivity contribution in [3.8, 4) is 17.1 Å². The van der Waals surface area contributed by atoms with E-state index in [0.717, 1.165) is 68.2 Å². The predicted molar refractivity (Wildman–Crippen MR) is 125 cm³/mol. The number of likely N-dealkylation sites (N-methyl/N-ethyl adjacent to an activating group) is 1. The predicted octanol–water partition coefficient (Wildman–Crippen LogP) is 4.20. The summed E-state index contributed by atoms with van der Waals surface area (Å²) < 4.78 is 6.02. The van der Waals surface area contributed by atoms with Crippen LogP contribution in [0.4, 0.5) is 0 Å². The number of hydrogen-bond donors (Lipinski definition) is 0. The Morgan fingerprint density at radius 1 is 0.968 bits per heavy atom. The van der Waals surface area contributed by atoms with Crippen LogP contribution in [0.5, 0.6) is 5.75 Å². The molecule has 31 heavy (non-hydrogen) atoms. The molecule has 0 aliphatic carbocycles. The molecule has 2 aromatic carbocycles. The van der Waals surface area contributed by atoms with Gasteiger partial charge in [-0.05, 0) is 69.2 Å². The zero-order valence-corrected chi connectivity index (χ0v) is 18.8. The number of hydrogen-bond acceptors (Lipinski definition) is 5. The number of aromatic nitrogens is 2. The number of aryl methyl sites for hydroxylation is 1. The number of fused-ring (bicyclic) bond motifs is 1. The van der Waals surface area contributed by atoms with Crippen molar-refractivity contribution in [3.05, 3.63) is 77.1 Å². The van der Waals surface area contributed by atoms with Gasteiger partial charge in [-0.15, -0.1) is 0 Å². The summed E-state index contributed by atoms with van der Waals surface area (Å²) in [5.41, 5.74) is 6.35. The van der Waals surface area contributed by atoms with E-state index in [1.807, 2.05) is 26.5 Å². The second-order valence-electron chi connectivity index (χ2n) is 8.72. The maximum absolute atomic E-state index is 6.02. The topological polar surface area (TPSA) is 41.5 Å². The molecule has 0 amide bonds. The molecule has 1 aromatic heterocycles. The fraction of sp³-hybridized carbons (Fsp3) is 0.385. The second-order valence-corrected chi connectivity index (χ2v) is 8.72. The average Bonchev–Trinajstić information content (AvgIpc) is 2.77. The molecule has 162 valence electrons. The normalized spacial score (nSPS) is 13.9. The van der Waals surface area contributed by atoms with Crippen molar-refractivity contribution >= 4 is 0 Å². The first-order valence-corrected chi connectivity index (χ1v) is 11.0. The van der Waals surface area contributed by atoms with Crippen molar-refractivity contribution < 1.29 is 4.74 Å². The van der Waals surface area contributed by atoms with Crippen molar-refractivity contribution in [2.45, 2.75) is 32.4 Å². The highest BCUT2D eigenvalue weighted by Crippen LogP contribution is 2.23. The van der Waals surface area contributed by atoms with Gasteiger partial charge >= 0.3 is 0 Å². The van der Waals surface area contributed by atoms with Crippen molar-refractivity contribution in [1.82, 2.24) is 19.8 Å². The number of rotatable bonds is 8. The lowest BCUT2D eigenvalue weighted by Crippen LogP contribution is -2.26. The molecular formula is C26H32N4O. The van der Waals surface area contributed by atoms with Crippen LogP contribution in [0.1, 0.15) is 28.7 Å². The number of benzene rings is 2. The van der Waals surface area contributed by atoms with E-state index in [-0.39, 0.29) is 0 Å². The monoisotopic (exact) mass is 416 g/mol. The smallest absolute Gasteiger partial charge is 0.159 e. The van der Waals surface area contributed by atoms with E-state index in [0.29, 0.717) is 0 Å². The van der Waals surface area contributed by atoms with Gasteiger partial charge in [0, 0.05) is 43.2 Å². The van der Waals surface area contributed by atoms with Crippen molar-refractivity contribution in [1.29, 1.82) is 0 Å². The van der Waals surface area contributed by atoms with Gasteiger partial charge in [0.05, 0.1) is 6.61 Å². The Morgan fingerprint density at radius 3 is 2.48 bits per heavy atom. The zero-order chi connectivity index (χ0) is 21.6. The maximum atomic E-state index is 6.02. The highest BCUT2D eigenvalue weighted by atomic mass is 16.5. The highest BCUT2D eigenvalue weighted by Gasteiger charge is 2.13. The van der Waals surface area contributed by atoms with Crippen molar-refractivity contribution in [2.75, 3.05) is 34.3 Å². The molecule has 0 bridgehead atoms. The van der Waals surface area contributed by atoms with Crippen LogP contribution in [0, 0.1) is 0 Å². The molecule has 0 spiro atoms. The summed E-state index contributed by atoms with van der Waals surface area (Å²) in [5, 5.41) is 0. The van der Waals surface area contributed by atoms with Gasteiger partial charge in [0.1, 0.15) is 5.75 Å². The molecule has 5 heteroatoms. The lowest BCUT2D eigenvalue weighted by molar-refractivity contribution is 0.302. The van der Waals surface area contributed by atoms with Gasteiger partial charge in [-0.3, -0.25) is 0 Å². The first-order valence-electron chi connectivity index (χ1n) is 11.0. The molecule has 0 atom stereocenters. The van der Waals surface area contributed by atoms with Crippen LogP contribution >= 0.6 is 0 Å². The molecule has 0 radical (unpaired) electrons. The molecule has 5 nitrogen and oxygen atoms in total. The lowest BCUT2D eigenvalue weighted by atomic mass is 10.00. The van der Waals surface area contributed by atoms with Crippen LogP contribution < -0.4 is 4.74 Å². The third-order valence-corrected chi connectivity index (χ3v) is 5.68. The van der Waals surface area contributed by atoms with Crippen LogP contribution in [-0.2, 0) is 25.9 Å². The van der Waals surface area contributed by atoms with Crippen LogP contribution in [0.2, 0.25) is 0 Å². The summed E-state index contributed by atoms with van der Waals surface area (Å²) in [6, 6.07) is 15.1. The van der Waals surface area contributed by atoms with Gasteiger partial charge in [0.2, 0.25) is 0 Å². The Hall–Kier alpha value is -2.76. The highest BCUT2D eigenvalue weighted by molar-refractivity contribution is 5.55. The zero-order valence-electron chi connectivity index (χ0n) is 18.8. The van der Waals surface area contributed by atoms with Gasteiger partial charge in [-0.2, -0.15) is 0 Å². The summed E-state index contributed by atoms with van der Waals surface area (Å²) in [5.74, 6) is 1.77. The molecule has 1 aliphatic rings. The molecule has 0 saturated heterocycles.